The van der Waals surface area contributed by atoms with Gasteiger partial charge in [0.2, 0.25) is 17.7 Å². The zero-order valence-corrected chi connectivity index (χ0v) is 25.5. The van der Waals surface area contributed by atoms with Gasteiger partial charge in [0.05, 0.1) is 23.1 Å². The zero-order valence-electron chi connectivity index (χ0n) is 25.5. The van der Waals surface area contributed by atoms with Gasteiger partial charge in [0, 0.05) is 41.3 Å². The Morgan fingerprint density at radius 1 is 0.739 bits per heavy atom. The number of hydrogen-bond donors (Lipinski definition) is 2. The van der Waals surface area contributed by atoms with Crippen molar-refractivity contribution in [1.82, 2.24) is 35.0 Å². The van der Waals surface area contributed by atoms with Crippen molar-refractivity contribution < 1.29 is 4.74 Å². The molecule has 2 N–H and O–H groups in total. The highest BCUT2D eigenvalue weighted by molar-refractivity contribution is 6.00. The van der Waals surface area contributed by atoms with Crippen LogP contribution in [0.25, 0.3) is 33.3 Å². The number of pyridine rings is 2. The second-order valence-corrected chi connectivity index (χ2v) is 11.2. The average molecular weight is 610 g/mol. The van der Waals surface area contributed by atoms with E-state index in [1.807, 2.05) is 72.8 Å². The number of benzene rings is 2. The predicted octanol–water partition coefficient (Wildman–Crippen LogP) is 7.37. The normalized spacial score (nSPS) is 13.4. The number of fused-ring (bicyclic) bond motifs is 1. The van der Waals surface area contributed by atoms with E-state index in [1.165, 1.54) is 32.4 Å². The van der Waals surface area contributed by atoms with Gasteiger partial charge in [-0.1, -0.05) is 61.0 Å². The number of nitrogens with zero attached hydrogens (tertiary/aromatic N) is 7. The maximum atomic E-state index is 6.15. The van der Waals surface area contributed by atoms with Crippen LogP contribution in [0.4, 0.5) is 17.5 Å². The van der Waals surface area contributed by atoms with Gasteiger partial charge in [-0.15, -0.1) is 10.2 Å². The van der Waals surface area contributed by atoms with Crippen LogP contribution in [0.2, 0.25) is 0 Å². The van der Waals surface area contributed by atoms with Crippen LogP contribution in [0.3, 0.4) is 0 Å². The summed E-state index contributed by atoms with van der Waals surface area (Å²) in [6.07, 6.45) is 10.2. The minimum Gasteiger partial charge on any atom is -0.420 e. The van der Waals surface area contributed by atoms with Crippen LogP contribution in [-0.2, 0) is 0 Å². The maximum absolute atomic E-state index is 6.15. The van der Waals surface area contributed by atoms with Crippen molar-refractivity contribution in [3.63, 3.8) is 0 Å². The van der Waals surface area contributed by atoms with E-state index in [1.54, 1.807) is 24.7 Å². The number of likely N-dealkylation sites (tertiary alicyclic amines) is 1. The van der Waals surface area contributed by atoms with E-state index in [2.05, 4.69) is 46.7 Å². The van der Waals surface area contributed by atoms with Crippen LogP contribution in [0.1, 0.15) is 25.7 Å². The number of aromatic nitrogens is 6. The second-order valence-electron chi connectivity index (χ2n) is 11.2. The Labute approximate surface area is 268 Å². The molecule has 1 fully saturated rings. The molecule has 0 aliphatic carbocycles. The van der Waals surface area contributed by atoms with Crippen molar-refractivity contribution in [1.29, 1.82) is 0 Å². The molecule has 0 saturated carbocycles. The van der Waals surface area contributed by atoms with Crippen molar-refractivity contribution >= 4 is 28.2 Å². The van der Waals surface area contributed by atoms with E-state index >= 15 is 0 Å². The Hall–Kier alpha value is -5.48. The first-order valence-electron chi connectivity index (χ1n) is 15.8. The first kappa shape index (κ1) is 29.2. The second kappa shape index (κ2) is 14.1. The molecule has 1 aliphatic heterocycles. The Morgan fingerprint density at radius 3 is 2.43 bits per heavy atom. The first-order valence-corrected chi connectivity index (χ1v) is 15.8. The van der Waals surface area contributed by atoms with Crippen LogP contribution in [0.5, 0.6) is 11.8 Å². The Balaban J connectivity index is 1.02. The van der Waals surface area contributed by atoms with Gasteiger partial charge in [0.25, 0.3) is 0 Å². The molecule has 0 atom stereocenters. The van der Waals surface area contributed by atoms with Gasteiger partial charge in [-0.25, -0.2) is 19.9 Å². The molecule has 0 unspecified atom stereocenters. The standard InChI is InChI=1S/C36H35N9O/c1-3-11-26(12-4-1)33-28-13-5-6-14-29(28)34(44-43-33)41-27-16-17-32(40-25-27)46-35-30(15-9-19-37-35)31-18-21-39-36(42-31)38-20-10-24-45-22-7-2-8-23-45/h1,3-6,9,11-19,21,25H,2,7-8,10,20,22-24H2,(H,41,44)(H,38,39,42). The smallest absolute Gasteiger partial charge is 0.230 e. The SMILES string of the molecule is c1ccc(-c2nnc(Nc3ccc(Oc4ncccc4-c4ccnc(NCCCN5CCCCC5)n4)nc3)c3ccccc23)cc1. The van der Waals surface area contributed by atoms with Gasteiger partial charge >= 0.3 is 0 Å². The molecule has 46 heavy (non-hydrogen) atoms. The first-order chi connectivity index (χ1) is 22.8. The third kappa shape index (κ3) is 6.92. The summed E-state index contributed by atoms with van der Waals surface area (Å²) >= 11 is 0. The van der Waals surface area contributed by atoms with Crippen molar-refractivity contribution in [3.05, 3.63) is 104 Å². The van der Waals surface area contributed by atoms with Gasteiger partial charge in [-0.2, -0.15) is 0 Å². The zero-order chi connectivity index (χ0) is 31.0. The molecular formula is C36H35N9O. The van der Waals surface area contributed by atoms with Crippen molar-refractivity contribution in [3.8, 4) is 34.3 Å². The Bertz CT molecular complexity index is 1890. The molecule has 4 aromatic heterocycles. The third-order valence-corrected chi connectivity index (χ3v) is 8.02. The minimum atomic E-state index is 0.408. The molecule has 1 saturated heterocycles. The highest BCUT2D eigenvalue weighted by Crippen LogP contribution is 2.32. The number of rotatable bonds is 11. The van der Waals surface area contributed by atoms with Crippen molar-refractivity contribution in [2.75, 3.05) is 36.8 Å². The van der Waals surface area contributed by atoms with Crippen molar-refractivity contribution in [2.45, 2.75) is 25.7 Å². The molecule has 6 aromatic rings. The van der Waals surface area contributed by atoms with E-state index in [0.29, 0.717) is 23.5 Å². The van der Waals surface area contributed by atoms with Crippen LogP contribution < -0.4 is 15.4 Å². The Kier molecular flexibility index (Phi) is 8.96. The summed E-state index contributed by atoms with van der Waals surface area (Å²) < 4.78 is 6.15. The molecule has 2 aromatic carbocycles. The predicted molar refractivity (Wildman–Crippen MR) is 181 cm³/mol. The molecule has 230 valence electrons. The number of nitrogens with one attached hydrogen (secondary N) is 2. The fraction of sp³-hybridized carbons (Fsp3) is 0.222. The van der Waals surface area contributed by atoms with Gasteiger partial charge < -0.3 is 20.3 Å². The highest BCUT2D eigenvalue weighted by atomic mass is 16.5. The highest BCUT2D eigenvalue weighted by Gasteiger charge is 2.14. The topological polar surface area (TPSA) is 114 Å². The molecule has 10 nitrogen and oxygen atoms in total. The summed E-state index contributed by atoms with van der Waals surface area (Å²) in [4.78, 5) is 20.7. The lowest BCUT2D eigenvalue weighted by molar-refractivity contribution is 0.228. The van der Waals surface area contributed by atoms with Gasteiger partial charge in [-0.3, -0.25) is 0 Å². The lowest BCUT2D eigenvalue weighted by Gasteiger charge is -2.26. The van der Waals surface area contributed by atoms with Gasteiger partial charge in [0.15, 0.2) is 5.82 Å². The number of hydrogen-bond acceptors (Lipinski definition) is 10. The molecule has 0 spiro atoms. The largest absolute Gasteiger partial charge is 0.420 e. The Morgan fingerprint density at radius 2 is 1.59 bits per heavy atom. The molecule has 0 bridgehead atoms. The maximum Gasteiger partial charge on any atom is 0.230 e. The number of ether oxygens (including phenoxy) is 1. The quantitative estimate of drug-likeness (QED) is 0.144. The van der Waals surface area contributed by atoms with E-state index in [4.69, 9.17) is 9.72 Å². The molecule has 0 amide bonds. The van der Waals surface area contributed by atoms with Crippen LogP contribution >= 0.6 is 0 Å². The van der Waals surface area contributed by atoms with Crippen LogP contribution in [-0.4, -0.2) is 61.2 Å². The monoisotopic (exact) mass is 609 g/mol. The minimum absolute atomic E-state index is 0.408. The fourth-order valence-electron chi connectivity index (χ4n) is 5.70. The summed E-state index contributed by atoms with van der Waals surface area (Å²) in [6.45, 7) is 4.33. The molecule has 10 heteroatoms. The van der Waals surface area contributed by atoms with Crippen molar-refractivity contribution in [2.24, 2.45) is 0 Å². The number of anilines is 3. The molecule has 1 aliphatic rings. The van der Waals surface area contributed by atoms with Gasteiger partial charge in [-0.05, 0) is 63.2 Å². The van der Waals surface area contributed by atoms with E-state index in [0.717, 1.165) is 58.5 Å². The molecule has 7 rings (SSSR count). The van der Waals surface area contributed by atoms with E-state index < -0.39 is 0 Å². The van der Waals surface area contributed by atoms with Crippen LogP contribution in [0.15, 0.2) is 104 Å². The van der Waals surface area contributed by atoms with Crippen LogP contribution in [0, 0.1) is 0 Å². The molecular weight excluding hydrogens is 574 g/mol. The molecule has 5 heterocycles. The summed E-state index contributed by atoms with van der Waals surface area (Å²) in [7, 11) is 0. The lowest BCUT2D eigenvalue weighted by Crippen LogP contribution is -2.31. The number of piperidine rings is 1. The third-order valence-electron chi connectivity index (χ3n) is 8.02. The van der Waals surface area contributed by atoms with E-state index in [9.17, 15) is 0 Å². The van der Waals surface area contributed by atoms with Gasteiger partial charge in [0.1, 0.15) is 5.69 Å². The summed E-state index contributed by atoms with van der Waals surface area (Å²) in [6, 6.07) is 27.5. The summed E-state index contributed by atoms with van der Waals surface area (Å²) in [5.41, 5.74) is 4.10. The van der Waals surface area contributed by atoms with E-state index in [-0.39, 0.29) is 0 Å². The molecule has 0 radical (unpaired) electrons. The lowest BCUT2D eigenvalue weighted by atomic mass is 10.0. The fourth-order valence-corrected chi connectivity index (χ4v) is 5.70. The summed E-state index contributed by atoms with van der Waals surface area (Å²) in [5.74, 6) is 2.06. The summed E-state index contributed by atoms with van der Waals surface area (Å²) in [5, 5.41) is 17.8. The average Bonchev–Trinajstić information content (AvgIpc) is 3.12.